The normalized spacial score (nSPS) is 28.7. The number of hydrogen-bond acceptors (Lipinski definition) is 9. The molecule has 5 N–H and O–H groups in total. The average molecular weight is 508 g/mol. The molecule has 0 saturated carbocycles. The number of amidine groups is 1. The molecule has 2 amide bonds. The highest BCUT2D eigenvalue weighted by molar-refractivity contribution is 8.29. The smallest absolute Gasteiger partial charge is 0.410 e. The third kappa shape index (κ3) is 4.06. The first-order chi connectivity index (χ1) is 16.4. The summed E-state index contributed by atoms with van der Waals surface area (Å²) in [5.74, 6) is -1.06. The van der Waals surface area contributed by atoms with Crippen molar-refractivity contribution in [1.82, 2.24) is 25.0 Å². The van der Waals surface area contributed by atoms with Crippen LogP contribution in [0, 0.1) is 5.82 Å². The third-order valence-corrected chi connectivity index (χ3v) is 10.2. The number of amides is 2. The van der Waals surface area contributed by atoms with Crippen molar-refractivity contribution in [1.29, 1.82) is 0 Å². The Hall–Kier alpha value is -3.36. The Balaban J connectivity index is 1.75. The largest absolute Gasteiger partial charge is 0.480 e. The van der Waals surface area contributed by atoms with Gasteiger partial charge in [-0.15, -0.1) is 0 Å². The van der Waals surface area contributed by atoms with Gasteiger partial charge in [0, 0.05) is 6.54 Å². The van der Waals surface area contributed by atoms with E-state index in [0.717, 1.165) is 6.07 Å². The van der Waals surface area contributed by atoms with Gasteiger partial charge in [-0.3, -0.25) is 19.8 Å². The Bertz CT molecular complexity index is 1210. The van der Waals surface area contributed by atoms with E-state index in [1.54, 1.807) is 20.8 Å². The Morgan fingerprint density at radius 2 is 1.97 bits per heavy atom. The minimum absolute atomic E-state index is 0.000189. The predicted octanol–water partition coefficient (Wildman–Crippen LogP) is 2.50. The molecule has 0 radical (unpaired) electrons. The van der Waals surface area contributed by atoms with E-state index in [-0.39, 0.29) is 28.9 Å². The SMILES string of the molecule is COc1cnc(C(=O)Nc2ccc(F)c([C@@]3(C)N=C(NC(=O)O)C(C)(C)S4(O)NCC[C@H]34)n2)cn1. The number of aromatic nitrogens is 3. The molecule has 0 aliphatic carbocycles. The summed E-state index contributed by atoms with van der Waals surface area (Å²) in [6.45, 7) is 5.43. The van der Waals surface area contributed by atoms with Crippen molar-refractivity contribution in [3.8, 4) is 5.88 Å². The van der Waals surface area contributed by atoms with Crippen molar-refractivity contribution in [2.45, 2.75) is 42.7 Å². The molecule has 1 fully saturated rings. The quantitative estimate of drug-likeness (QED) is 0.417. The summed E-state index contributed by atoms with van der Waals surface area (Å²) in [6, 6.07) is 2.43. The van der Waals surface area contributed by atoms with E-state index >= 15 is 4.39 Å². The molecule has 1 saturated heterocycles. The lowest BCUT2D eigenvalue weighted by atomic mass is 9.89. The number of pyridine rings is 1. The number of rotatable bonds is 4. The van der Waals surface area contributed by atoms with Crippen LogP contribution in [0.2, 0.25) is 0 Å². The summed E-state index contributed by atoms with van der Waals surface area (Å²) >= 11 is 0. The Morgan fingerprint density at radius 1 is 1.23 bits per heavy atom. The summed E-state index contributed by atoms with van der Waals surface area (Å²) in [5, 5.41) is 13.6. The van der Waals surface area contributed by atoms with E-state index in [1.165, 1.54) is 25.6 Å². The number of halogens is 1. The number of carbonyl (C=O) groups excluding carboxylic acids is 1. The lowest BCUT2D eigenvalue weighted by molar-refractivity contribution is 0.102. The van der Waals surface area contributed by atoms with Crippen molar-refractivity contribution in [2.75, 3.05) is 19.0 Å². The molecule has 2 aromatic rings. The minimum Gasteiger partial charge on any atom is -0.480 e. The van der Waals surface area contributed by atoms with Gasteiger partial charge in [-0.1, -0.05) is 10.5 Å². The fourth-order valence-electron chi connectivity index (χ4n) is 4.42. The number of nitrogens with zero attached hydrogens (tertiary/aromatic N) is 4. The molecule has 188 valence electrons. The van der Waals surface area contributed by atoms with E-state index in [0.29, 0.717) is 13.0 Å². The van der Waals surface area contributed by atoms with E-state index in [1.807, 2.05) is 0 Å². The predicted molar refractivity (Wildman–Crippen MR) is 127 cm³/mol. The Morgan fingerprint density at radius 3 is 2.60 bits per heavy atom. The van der Waals surface area contributed by atoms with Gasteiger partial charge in [-0.2, -0.15) is 0 Å². The van der Waals surface area contributed by atoms with Gasteiger partial charge >= 0.3 is 6.09 Å². The van der Waals surface area contributed by atoms with Gasteiger partial charge in [-0.05, 0) is 39.3 Å². The van der Waals surface area contributed by atoms with Gasteiger partial charge in [0.05, 0.1) is 29.5 Å². The third-order valence-electron chi connectivity index (χ3n) is 6.32. The molecule has 1 unspecified atom stereocenters. The molecule has 0 spiro atoms. The second kappa shape index (κ2) is 8.70. The number of nitrogens with one attached hydrogen (secondary N) is 3. The van der Waals surface area contributed by atoms with Crippen LogP contribution in [0.15, 0.2) is 29.5 Å². The summed E-state index contributed by atoms with van der Waals surface area (Å²) in [4.78, 5) is 41.0. The Kier molecular flexibility index (Phi) is 6.15. The van der Waals surface area contributed by atoms with Crippen LogP contribution >= 0.6 is 10.5 Å². The van der Waals surface area contributed by atoms with Gasteiger partial charge in [-0.25, -0.2) is 24.1 Å². The van der Waals surface area contributed by atoms with E-state index in [4.69, 9.17) is 4.74 Å². The highest BCUT2D eigenvalue weighted by Gasteiger charge is 2.62. The van der Waals surface area contributed by atoms with Crippen molar-refractivity contribution in [2.24, 2.45) is 4.99 Å². The second-order valence-corrected chi connectivity index (χ2v) is 11.9. The molecule has 3 atom stereocenters. The molecule has 0 bridgehead atoms. The molecular weight excluding hydrogens is 481 g/mol. The molecule has 14 heteroatoms. The summed E-state index contributed by atoms with van der Waals surface area (Å²) < 4.78 is 33.9. The zero-order chi connectivity index (χ0) is 25.6. The molecule has 2 aliphatic heterocycles. The fourth-order valence-corrected chi connectivity index (χ4v) is 7.80. The van der Waals surface area contributed by atoms with E-state index in [9.17, 15) is 19.2 Å². The number of fused-ring (bicyclic) bond motifs is 1. The van der Waals surface area contributed by atoms with Crippen LogP contribution in [0.5, 0.6) is 5.88 Å². The van der Waals surface area contributed by atoms with Crippen LogP contribution in [0.25, 0.3) is 0 Å². The van der Waals surface area contributed by atoms with Crippen molar-refractivity contribution in [3.63, 3.8) is 0 Å². The summed E-state index contributed by atoms with van der Waals surface area (Å²) in [5.41, 5.74) is -1.56. The van der Waals surface area contributed by atoms with E-state index < -0.39 is 43.8 Å². The molecule has 0 aromatic carbocycles. The molecule has 12 nitrogen and oxygen atoms in total. The lowest BCUT2D eigenvalue weighted by Gasteiger charge is -2.56. The highest BCUT2D eigenvalue weighted by atomic mass is 32.3. The number of aliphatic imine (C=N–C) groups is 1. The fraction of sp³-hybridized carbons (Fsp3) is 0.429. The first-order valence-electron chi connectivity index (χ1n) is 10.7. The van der Waals surface area contributed by atoms with Crippen LogP contribution in [0.3, 0.4) is 0 Å². The van der Waals surface area contributed by atoms with Gasteiger partial charge in [0.2, 0.25) is 5.88 Å². The molecular formula is C21H26FN7O5S. The van der Waals surface area contributed by atoms with Crippen molar-refractivity contribution < 1.29 is 28.4 Å². The minimum atomic E-state index is -2.71. The lowest BCUT2D eigenvalue weighted by Crippen LogP contribution is -2.59. The zero-order valence-corrected chi connectivity index (χ0v) is 20.3. The first kappa shape index (κ1) is 24.8. The van der Waals surface area contributed by atoms with Gasteiger partial charge in [0.15, 0.2) is 0 Å². The van der Waals surface area contributed by atoms with Crippen LogP contribution < -0.4 is 20.1 Å². The monoisotopic (exact) mass is 507 g/mol. The van der Waals surface area contributed by atoms with Crippen LogP contribution in [-0.2, 0) is 5.54 Å². The molecule has 35 heavy (non-hydrogen) atoms. The maximum absolute atomic E-state index is 15.2. The van der Waals surface area contributed by atoms with Gasteiger partial charge in [0.1, 0.15) is 34.4 Å². The van der Waals surface area contributed by atoms with Gasteiger partial charge in [0.25, 0.3) is 5.91 Å². The van der Waals surface area contributed by atoms with Crippen LogP contribution in [0.1, 0.15) is 43.4 Å². The average Bonchev–Trinajstić information content (AvgIpc) is 3.23. The molecule has 4 rings (SSSR count). The van der Waals surface area contributed by atoms with E-state index in [2.05, 4.69) is 35.3 Å². The number of carboxylic acid groups (broad SMARTS) is 1. The second-order valence-electron chi connectivity index (χ2n) is 8.77. The number of anilines is 1. The molecule has 2 aromatic heterocycles. The zero-order valence-electron chi connectivity index (χ0n) is 19.5. The number of carbonyl (C=O) groups is 2. The maximum Gasteiger partial charge on any atom is 0.410 e. The van der Waals surface area contributed by atoms with Crippen LogP contribution in [0.4, 0.5) is 15.0 Å². The standard InChI is InChI=1S/C21H26FN7O5S/c1-20(2)18(28-19(31)32)29-21(3,13-7-8-25-35(13,20)33)16-11(22)5-6-14(26-16)27-17(30)12-9-24-15(34-4)10-23-12/h5-6,9-10,13,25,33H,7-8H2,1-4H3,(H,28,29)(H,31,32)(H,26,27,30)/t13-,21+/m1/s1. The number of methoxy groups -OCH3 is 1. The van der Waals surface area contributed by atoms with Crippen LogP contribution in [-0.4, -0.2) is 66.1 Å². The van der Waals surface area contributed by atoms with Crippen molar-refractivity contribution in [3.05, 3.63) is 41.7 Å². The first-order valence-corrected chi connectivity index (χ1v) is 12.3. The molecule has 2 aliphatic rings. The molecule has 4 heterocycles. The summed E-state index contributed by atoms with van der Waals surface area (Å²) in [7, 11) is -1.29. The topological polar surface area (TPSA) is 171 Å². The maximum atomic E-state index is 15.2. The van der Waals surface area contributed by atoms with Gasteiger partial charge < -0.3 is 19.7 Å². The highest BCUT2D eigenvalue weighted by Crippen LogP contribution is 2.67. The number of ether oxygens (including phenoxy) is 1. The summed E-state index contributed by atoms with van der Waals surface area (Å²) in [6.07, 6.45) is 1.62. The Labute approximate surface area is 202 Å². The number of hydrogen-bond donors (Lipinski definition) is 5. The van der Waals surface area contributed by atoms with Crippen molar-refractivity contribution >= 4 is 34.1 Å².